The van der Waals surface area contributed by atoms with Crippen LogP contribution in [0.25, 0.3) is 0 Å². The van der Waals surface area contributed by atoms with Crippen LogP contribution in [0.2, 0.25) is 5.02 Å². The Morgan fingerprint density at radius 2 is 1.62 bits per heavy atom. The van der Waals surface area contributed by atoms with Crippen molar-refractivity contribution < 1.29 is 18.9 Å². The number of anilines is 1. The maximum atomic E-state index is 6.09. The summed E-state index contributed by atoms with van der Waals surface area (Å²) in [7, 11) is 4.71. The van der Waals surface area contributed by atoms with E-state index >= 15 is 0 Å². The lowest BCUT2D eigenvalue weighted by Gasteiger charge is -2.16. The second kappa shape index (κ2) is 9.94. The van der Waals surface area contributed by atoms with E-state index in [1.165, 1.54) is 0 Å². The minimum Gasteiger partial charge on any atom is -0.495 e. The second-order valence-corrected chi connectivity index (χ2v) is 5.88. The van der Waals surface area contributed by atoms with Crippen LogP contribution in [0.1, 0.15) is 0 Å². The van der Waals surface area contributed by atoms with Crippen LogP contribution < -0.4 is 29.6 Å². The molecule has 2 N–H and O–H groups in total. The minimum absolute atomic E-state index is 0.420. The highest BCUT2D eigenvalue weighted by atomic mass is 35.5. The van der Waals surface area contributed by atoms with Gasteiger partial charge in [0.05, 0.1) is 38.6 Å². The van der Waals surface area contributed by atoms with Crippen molar-refractivity contribution in [2.75, 3.05) is 39.8 Å². The molecule has 0 amide bonds. The number of thiocarbonyl (C=S) groups is 1. The second-order valence-electron chi connectivity index (χ2n) is 5.07. The lowest BCUT2D eigenvalue weighted by Crippen LogP contribution is -2.32. The molecule has 0 aromatic heterocycles. The van der Waals surface area contributed by atoms with Gasteiger partial charge in [-0.05, 0) is 24.4 Å². The molecule has 0 aliphatic carbocycles. The average Bonchev–Trinajstić information content (AvgIpc) is 2.66. The normalized spacial score (nSPS) is 10.0. The highest BCUT2D eigenvalue weighted by molar-refractivity contribution is 7.80. The zero-order valence-corrected chi connectivity index (χ0v) is 16.4. The average molecular weight is 397 g/mol. The monoisotopic (exact) mass is 396 g/mol. The zero-order chi connectivity index (χ0) is 18.9. The molecule has 2 aromatic rings. The van der Waals surface area contributed by atoms with Gasteiger partial charge in [-0.2, -0.15) is 0 Å². The highest BCUT2D eigenvalue weighted by Crippen LogP contribution is 2.35. The molecular formula is C18H21ClN2O4S. The predicted molar refractivity (Wildman–Crippen MR) is 107 cm³/mol. The number of methoxy groups -OCH3 is 3. The quantitative estimate of drug-likeness (QED) is 0.520. The molecule has 6 nitrogen and oxygen atoms in total. The fraction of sp³-hybridized carbons (Fsp3) is 0.278. The van der Waals surface area contributed by atoms with Crippen molar-refractivity contribution in [3.05, 3.63) is 41.4 Å². The largest absolute Gasteiger partial charge is 0.495 e. The Kier molecular flexibility index (Phi) is 7.62. The standard InChI is InChI=1S/C18H21ClN2O4S/c1-22-14-6-4-5-7-15(14)25-9-8-20-18(26)21-13-11-16(23-2)12(19)10-17(13)24-3/h4-7,10-11H,8-9H2,1-3H3,(H2,20,21,26). The van der Waals surface area contributed by atoms with Gasteiger partial charge >= 0.3 is 0 Å². The molecule has 26 heavy (non-hydrogen) atoms. The summed E-state index contributed by atoms with van der Waals surface area (Å²) in [5.41, 5.74) is 0.650. The smallest absolute Gasteiger partial charge is 0.171 e. The fourth-order valence-electron chi connectivity index (χ4n) is 2.19. The van der Waals surface area contributed by atoms with Gasteiger partial charge in [0.25, 0.3) is 0 Å². The Bertz CT molecular complexity index is 758. The summed E-state index contributed by atoms with van der Waals surface area (Å²) < 4.78 is 21.4. The topological polar surface area (TPSA) is 61.0 Å². The molecule has 0 spiro atoms. The third kappa shape index (κ3) is 5.31. The first-order valence-corrected chi connectivity index (χ1v) is 8.59. The SMILES string of the molecule is COc1cc(NC(=S)NCCOc2ccccc2OC)c(OC)cc1Cl. The van der Waals surface area contributed by atoms with Gasteiger partial charge < -0.3 is 29.6 Å². The summed E-state index contributed by atoms with van der Waals surface area (Å²) in [6.45, 7) is 0.931. The third-order valence-electron chi connectivity index (χ3n) is 3.44. The van der Waals surface area contributed by atoms with Crippen molar-refractivity contribution in [3.8, 4) is 23.0 Å². The van der Waals surface area contributed by atoms with E-state index in [9.17, 15) is 0 Å². The van der Waals surface area contributed by atoms with Crippen LogP contribution in [0.3, 0.4) is 0 Å². The van der Waals surface area contributed by atoms with E-state index in [2.05, 4.69) is 10.6 Å². The summed E-state index contributed by atoms with van der Waals surface area (Å²) in [6, 6.07) is 10.8. The van der Waals surface area contributed by atoms with Gasteiger partial charge in [0.1, 0.15) is 18.1 Å². The Morgan fingerprint density at radius 1 is 0.962 bits per heavy atom. The van der Waals surface area contributed by atoms with Crippen LogP contribution in [0.4, 0.5) is 5.69 Å². The molecule has 0 saturated heterocycles. The predicted octanol–water partition coefficient (Wildman–Crippen LogP) is 3.73. The summed E-state index contributed by atoms with van der Waals surface area (Å²) >= 11 is 11.4. The molecule has 0 atom stereocenters. The maximum Gasteiger partial charge on any atom is 0.171 e. The first kappa shape index (κ1) is 19.9. The number of nitrogens with one attached hydrogen (secondary N) is 2. The Labute approximate surface area is 163 Å². The Balaban J connectivity index is 1.87. The third-order valence-corrected chi connectivity index (χ3v) is 3.98. The first-order valence-electron chi connectivity index (χ1n) is 7.81. The van der Waals surface area contributed by atoms with Crippen molar-refractivity contribution in [2.45, 2.75) is 0 Å². The Morgan fingerprint density at radius 3 is 2.27 bits per heavy atom. The van der Waals surface area contributed by atoms with Crippen LogP contribution in [0.15, 0.2) is 36.4 Å². The number of benzene rings is 2. The minimum atomic E-state index is 0.420. The molecule has 0 heterocycles. The lowest BCUT2D eigenvalue weighted by molar-refractivity contribution is 0.298. The molecule has 0 aliphatic heterocycles. The van der Waals surface area contributed by atoms with Crippen molar-refractivity contribution in [1.29, 1.82) is 0 Å². The number of halogens is 1. The molecule has 8 heteroatoms. The van der Waals surface area contributed by atoms with Crippen LogP contribution in [-0.2, 0) is 0 Å². The van der Waals surface area contributed by atoms with Crippen LogP contribution in [0.5, 0.6) is 23.0 Å². The van der Waals surface area contributed by atoms with E-state index in [0.29, 0.717) is 52.0 Å². The molecule has 0 saturated carbocycles. The summed E-state index contributed by atoms with van der Waals surface area (Å²) in [6.07, 6.45) is 0. The van der Waals surface area contributed by atoms with E-state index in [1.54, 1.807) is 33.5 Å². The summed E-state index contributed by atoms with van der Waals surface area (Å²) in [5, 5.41) is 7.01. The van der Waals surface area contributed by atoms with Crippen molar-refractivity contribution in [3.63, 3.8) is 0 Å². The fourth-order valence-corrected chi connectivity index (χ4v) is 2.63. The number of ether oxygens (including phenoxy) is 4. The van der Waals surface area contributed by atoms with Gasteiger partial charge in [-0.3, -0.25) is 0 Å². The van der Waals surface area contributed by atoms with Crippen LogP contribution in [0, 0.1) is 0 Å². The van der Waals surface area contributed by atoms with Crippen LogP contribution in [-0.4, -0.2) is 39.6 Å². The number of para-hydroxylation sites is 2. The van der Waals surface area contributed by atoms with Gasteiger partial charge in [0.15, 0.2) is 16.6 Å². The molecule has 2 rings (SSSR count). The molecule has 140 valence electrons. The first-order chi connectivity index (χ1) is 12.6. The molecular weight excluding hydrogens is 376 g/mol. The highest BCUT2D eigenvalue weighted by Gasteiger charge is 2.11. The van der Waals surface area contributed by atoms with E-state index in [0.717, 1.165) is 0 Å². The maximum absolute atomic E-state index is 6.09. The molecule has 0 bridgehead atoms. The summed E-state index contributed by atoms with van der Waals surface area (Å²) in [5.74, 6) is 2.45. The zero-order valence-electron chi connectivity index (χ0n) is 14.8. The van der Waals surface area contributed by atoms with Gasteiger partial charge in [-0.15, -0.1) is 0 Å². The lowest BCUT2D eigenvalue weighted by atomic mass is 10.2. The van der Waals surface area contributed by atoms with E-state index in [4.69, 9.17) is 42.8 Å². The number of rotatable bonds is 8. The van der Waals surface area contributed by atoms with Crippen molar-refractivity contribution in [1.82, 2.24) is 5.32 Å². The van der Waals surface area contributed by atoms with Crippen molar-refractivity contribution in [2.24, 2.45) is 0 Å². The molecule has 0 fully saturated rings. The van der Waals surface area contributed by atoms with Gasteiger partial charge in [0.2, 0.25) is 0 Å². The summed E-state index contributed by atoms with van der Waals surface area (Å²) in [4.78, 5) is 0. The van der Waals surface area contributed by atoms with Gasteiger partial charge in [-0.25, -0.2) is 0 Å². The molecule has 0 aliphatic rings. The van der Waals surface area contributed by atoms with Gasteiger partial charge in [-0.1, -0.05) is 23.7 Å². The Hall–Kier alpha value is -2.38. The number of hydrogen-bond acceptors (Lipinski definition) is 5. The van der Waals surface area contributed by atoms with Gasteiger partial charge in [0, 0.05) is 12.1 Å². The van der Waals surface area contributed by atoms with E-state index in [1.807, 2.05) is 24.3 Å². The van der Waals surface area contributed by atoms with Crippen LogP contribution >= 0.6 is 23.8 Å². The van der Waals surface area contributed by atoms with E-state index < -0.39 is 0 Å². The van der Waals surface area contributed by atoms with E-state index in [-0.39, 0.29) is 0 Å². The number of hydrogen-bond donors (Lipinski definition) is 2. The molecule has 0 unspecified atom stereocenters. The molecule has 2 aromatic carbocycles. The molecule has 0 radical (unpaired) electrons. The van der Waals surface area contributed by atoms with Crippen molar-refractivity contribution >= 4 is 34.6 Å².